The lowest BCUT2D eigenvalue weighted by atomic mass is 9.70. The van der Waals surface area contributed by atoms with E-state index in [4.69, 9.17) is 9.47 Å². The summed E-state index contributed by atoms with van der Waals surface area (Å²) in [5, 5.41) is 3.53. The minimum absolute atomic E-state index is 0.0871. The summed E-state index contributed by atoms with van der Waals surface area (Å²) in [5.41, 5.74) is 0.480. The van der Waals surface area contributed by atoms with E-state index in [1.165, 1.54) is 25.7 Å². The molecular formula is C17H35NO2. The van der Waals surface area contributed by atoms with Crippen LogP contribution in [0.15, 0.2) is 0 Å². The predicted molar refractivity (Wildman–Crippen MR) is 84.8 cm³/mol. The van der Waals surface area contributed by atoms with E-state index in [2.05, 4.69) is 26.1 Å². The first-order valence-electron chi connectivity index (χ1n) is 8.41. The molecule has 0 aromatic heterocycles. The standard InChI is InChI=1S/C17H35NO2/c1-6-19-16(20-7-2)13-18-12-14-8-10-15(11-9-14)17(3,4)5/h14-16,18H,6-13H2,1-5H3. The van der Waals surface area contributed by atoms with E-state index in [-0.39, 0.29) is 6.29 Å². The number of nitrogens with one attached hydrogen (secondary N) is 1. The SMILES string of the molecule is CCOC(CNCC1CCC(C(C)(C)C)CC1)OCC. The molecule has 0 atom stereocenters. The molecule has 1 saturated carbocycles. The van der Waals surface area contributed by atoms with Crippen molar-refractivity contribution in [2.45, 2.75) is 66.6 Å². The van der Waals surface area contributed by atoms with Crippen molar-refractivity contribution in [3.05, 3.63) is 0 Å². The molecule has 3 nitrogen and oxygen atoms in total. The van der Waals surface area contributed by atoms with Gasteiger partial charge in [0.25, 0.3) is 0 Å². The van der Waals surface area contributed by atoms with Crippen molar-refractivity contribution in [3.8, 4) is 0 Å². The van der Waals surface area contributed by atoms with E-state index in [1.807, 2.05) is 13.8 Å². The van der Waals surface area contributed by atoms with Gasteiger partial charge in [-0.1, -0.05) is 20.8 Å². The molecule has 0 amide bonds. The fraction of sp³-hybridized carbons (Fsp3) is 1.00. The average Bonchev–Trinajstić information content (AvgIpc) is 2.39. The van der Waals surface area contributed by atoms with Crippen molar-refractivity contribution in [3.63, 3.8) is 0 Å². The maximum Gasteiger partial charge on any atom is 0.169 e. The smallest absolute Gasteiger partial charge is 0.169 e. The van der Waals surface area contributed by atoms with Crippen LogP contribution in [0.1, 0.15) is 60.3 Å². The van der Waals surface area contributed by atoms with E-state index in [9.17, 15) is 0 Å². The van der Waals surface area contributed by atoms with Crippen LogP contribution in [-0.4, -0.2) is 32.6 Å². The molecule has 0 bridgehead atoms. The number of hydrogen-bond acceptors (Lipinski definition) is 3. The van der Waals surface area contributed by atoms with Crippen molar-refractivity contribution in [2.24, 2.45) is 17.3 Å². The van der Waals surface area contributed by atoms with Gasteiger partial charge in [0.2, 0.25) is 0 Å². The minimum Gasteiger partial charge on any atom is -0.352 e. The largest absolute Gasteiger partial charge is 0.352 e. The van der Waals surface area contributed by atoms with Crippen LogP contribution in [0.25, 0.3) is 0 Å². The Morgan fingerprint density at radius 3 is 2.00 bits per heavy atom. The van der Waals surface area contributed by atoms with Crippen molar-refractivity contribution in [2.75, 3.05) is 26.3 Å². The van der Waals surface area contributed by atoms with Crippen LogP contribution in [0.2, 0.25) is 0 Å². The number of ether oxygens (including phenoxy) is 2. The first kappa shape index (κ1) is 17.9. The molecule has 0 saturated heterocycles. The number of rotatable bonds is 8. The maximum atomic E-state index is 5.55. The third kappa shape index (κ3) is 6.55. The highest BCUT2D eigenvalue weighted by Crippen LogP contribution is 2.39. The molecule has 0 spiro atoms. The van der Waals surface area contributed by atoms with Crippen LogP contribution in [0, 0.1) is 17.3 Å². The van der Waals surface area contributed by atoms with Gasteiger partial charge in [0.15, 0.2) is 6.29 Å². The Hall–Kier alpha value is -0.120. The summed E-state index contributed by atoms with van der Waals surface area (Å²) in [4.78, 5) is 0. The molecule has 1 aliphatic carbocycles. The van der Waals surface area contributed by atoms with E-state index >= 15 is 0 Å². The van der Waals surface area contributed by atoms with Gasteiger partial charge in [-0.3, -0.25) is 0 Å². The highest BCUT2D eigenvalue weighted by Gasteiger charge is 2.29. The Labute approximate surface area is 125 Å². The van der Waals surface area contributed by atoms with Gasteiger partial charge in [-0.25, -0.2) is 0 Å². The lowest BCUT2D eigenvalue weighted by Gasteiger charge is -2.37. The van der Waals surface area contributed by atoms with Gasteiger partial charge >= 0.3 is 0 Å². The lowest BCUT2D eigenvalue weighted by Crippen LogP contribution is -2.36. The predicted octanol–water partition coefficient (Wildman–Crippen LogP) is 3.83. The molecular weight excluding hydrogens is 250 g/mol. The number of hydrogen-bond donors (Lipinski definition) is 1. The highest BCUT2D eigenvalue weighted by atomic mass is 16.7. The third-order valence-electron chi connectivity index (χ3n) is 4.52. The second-order valence-electron chi connectivity index (χ2n) is 7.08. The van der Waals surface area contributed by atoms with E-state index in [0.29, 0.717) is 18.6 Å². The normalized spacial score (nSPS) is 24.3. The molecule has 1 N–H and O–H groups in total. The topological polar surface area (TPSA) is 30.5 Å². The molecule has 120 valence electrons. The van der Waals surface area contributed by atoms with Crippen LogP contribution in [0.4, 0.5) is 0 Å². The van der Waals surface area contributed by atoms with Crippen LogP contribution >= 0.6 is 0 Å². The molecule has 0 aromatic carbocycles. The van der Waals surface area contributed by atoms with Crippen LogP contribution < -0.4 is 5.32 Å². The van der Waals surface area contributed by atoms with Crippen LogP contribution in [0.3, 0.4) is 0 Å². The monoisotopic (exact) mass is 285 g/mol. The molecule has 0 radical (unpaired) electrons. The quantitative estimate of drug-likeness (QED) is 0.688. The summed E-state index contributed by atoms with van der Waals surface area (Å²) >= 11 is 0. The molecule has 0 aromatic rings. The van der Waals surface area contributed by atoms with Gasteiger partial charge in [-0.2, -0.15) is 0 Å². The van der Waals surface area contributed by atoms with Crippen molar-refractivity contribution < 1.29 is 9.47 Å². The third-order valence-corrected chi connectivity index (χ3v) is 4.52. The zero-order valence-corrected chi connectivity index (χ0v) is 14.2. The first-order valence-corrected chi connectivity index (χ1v) is 8.41. The maximum absolute atomic E-state index is 5.55. The second kappa shape index (κ2) is 9.01. The zero-order valence-electron chi connectivity index (χ0n) is 14.2. The first-order chi connectivity index (χ1) is 9.47. The molecule has 0 heterocycles. The fourth-order valence-corrected chi connectivity index (χ4v) is 3.18. The van der Waals surface area contributed by atoms with Gasteiger partial charge in [0, 0.05) is 19.8 Å². The lowest BCUT2D eigenvalue weighted by molar-refractivity contribution is -0.133. The van der Waals surface area contributed by atoms with Gasteiger partial charge < -0.3 is 14.8 Å². The van der Waals surface area contributed by atoms with Crippen molar-refractivity contribution >= 4 is 0 Å². The summed E-state index contributed by atoms with van der Waals surface area (Å²) in [5.74, 6) is 1.73. The summed E-state index contributed by atoms with van der Waals surface area (Å²) in [6, 6.07) is 0. The Bertz CT molecular complexity index is 236. The fourth-order valence-electron chi connectivity index (χ4n) is 3.18. The van der Waals surface area contributed by atoms with Crippen LogP contribution in [0.5, 0.6) is 0 Å². The summed E-state index contributed by atoms with van der Waals surface area (Å²) in [7, 11) is 0. The highest BCUT2D eigenvalue weighted by molar-refractivity contribution is 4.81. The molecule has 3 heteroatoms. The Kier molecular flexibility index (Phi) is 8.08. The van der Waals surface area contributed by atoms with Gasteiger partial charge in [0.1, 0.15) is 0 Å². The van der Waals surface area contributed by atoms with Gasteiger partial charge in [0.05, 0.1) is 0 Å². The minimum atomic E-state index is -0.0871. The molecule has 1 aliphatic rings. The van der Waals surface area contributed by atoms with Crippen LogP contribution in [-0.2, 0) is 9.47 Å². The molecule has 1 fully saturated rings. The summed E-state index contributed by atoms with van der Waals surface area (Å²) < 4.78 is 11.1. The molecule has 20 heavy (non-hydrogen) atoms. The Morgan fingerprint density at radius 2 is 1.55 bits per heavy atom. The molecule has 0 unspecified atom stereocenters. The van der Waals surface area contributed by atoms with E-state index in [1.54, 1.807) is 0 Å². The van der Waals surface area contributed by atoms with Gasteiger partial charge in [-0.05, 0) is 63.3 Å². The Morgan fingerprint density at radius 1 is 1.00 bits per heavy atom. The van der Waals surface area contributed by atoms with Crippen molar-refractivity contribution in [1.29, 1.82) is 0 Å². The second-order valence-corrected chi connectivity index (χ2v) is 7.08. The Balaban J connectivity index is 2.17. The van der Waals surface area contributed by atoms with E-state index in [0.717, 1.165) is 24.9 Å². The zero-order chi connectivity index (χ0) is 15.0. The van der Waals surface area contributed by atoms with E-state index < -0.39 is 0 Å². The molecule has 0 aliphatic heterocycles. The van der Waals surface area contributed by atoms with Crippen molar-refractivity contribution in [1.82, 2.24) is 5.32 Å². The van der Waals surface area contributed by atoms with Gasteiger partial charge in [-0.15, -0.1) is 0 Å². The summed E-state index contributed by atoms with van der Waals surface area (Å²) in [6.07, 6.45) is 5.41. The summed E-state index contributed by atoms with van der Waals surface area (Å²) in [6.45, 7) is 14.5. The molecule has 1 rings (SSSR count). The average molecular weight is 285 g/mol.